The standard InChI is InChI=1S/C10H17N/c1-5-7-11-8-10(4)9(3)6-2/h5,7-8H,6H2,1-4H3/b7-5-,10-9-,11-8-. The number of aliphatic imine (C=N–C) groups is 1. The average molecular weight is 151 g/mol. The Hall–Kier alpha value is -0.850. The van der Waals surface area contributed by atoms with E-state index < -0.39 is 0 Å². The predicted octanol–water partition coefficient (Wildman–Crippen LogP) is 3.34. The molecule has 0 amide bonds. The number of rotatable bonds is 3. The van der Waals surface area contributed by atoms with E-state index in [-0.39, 0.29) is 0 Å². The first-order valence-corrected chi connectivity index (χ1v) is 4.03. The Morgan fingerprint density at radius 1 is 1.36 bits per heavy atom. The van der Waals surface area contributed by atoms with Gasteiger partial charge in [-0.2, -0.15) is 0 Å². The van der Waals surface area contributed by atoms with Gasteiger partial charge >= 0.3 is 0 Å². The van der Waals surface area contributed by atoms with Crippen molar-refractivity contribution in [2.75, 3.05) is 0 Å². The normalized spacial score (nSPS) is 14.5. The van der Waals surface area contributed by atoms with Gasteiger partial charge in [-0.15, -0.1) is 0 Å². The number of hydrogen-bond acceptors (Lipinski definition) is 1. The van der Waals surface area contributed by atoms with E-state index >= 15 is 0 Å². The molecule has 1 heteroatoms. The number of allylic oxidation sites excluding steroid dienone is 3. The second-order valence-electron chi connectivity index (χ2n) is 2.58. The van der Waals surface area contributed by atoms with Crippen molar-refractivity contribution < 1.29 is 0 Å². The summed E-state index contributed by atoms with van der Waals surface area (Å²) in [6.07, 6.45) is 6.73. The fourth-order valence-corrected chi connectivity index (χ4v) is 0.630. The van der Waals surface area contributed by atoms with Gasteiger partial charge in [-0.25, -0.2) is 0 Å². The van der Waals surface area contributed by atoms with Crippen molar-refractivity contribution in [1.29, 1.82) is 0 Å². The number of hydrogen-bond donors (Lipinski definition) is 0. The molecular weight excluding hydrogens is 134 g/mol. The van der Waals surface area contributed by atoms with E-state index in [0.717, 1.165) is 6.42 Å². The van der Waals surface area contributed by atoms with E-state index in [9.17, 15) is 0 Å². The molecule has 0 aliphatic heterocycles. The van der Waals surface area contributed by atoms with E-state index in [0.29, 0.717) is 0 Å². The Kier molecular flexibility index (Phi) is 5.44. The van der Waals surface area contributed by atoms with Crippen LogP contribution in [-0.2, 0) is 0 Å². The molecule has 0 fully saturated rings. The van der Waals surface area contributed by atoms with Gasteiger partial charge in [0.1, 0.15) is 0 Å². The summed E-state index contributed by atoms with van der Waals surface area (Å²) >= 11 is 0. The SMILES string of the molecule is C\C=C/N=C\C(C)=C(\C)CC. The zero-order valence-corrected chi connectivity index (χ0v) is 7.89. The molecule has 0 radical (unpaired) electrons. The summed E-state index contributed by atoms with van der Waals surface area (Å²) in [7, 11) is 0. The molecule has 0 spiro atoms. The molecule has 0 aromatic rings. The van der Waals surface area contributed by atoms with Crippen molar-refractivity contribution >= 4 is 6.21 Å². The minimum absolute atomic E-state index is 1.10. The smallest absolute Gasteiger partial charge is 0.0296 e. The third kappa shape index (κ3) is 4.54. The summed E-state index contributed by atoms with van der Waals surface area (Å²) in [5.41, 5.74) is 2.67. The first-order valence-electron chi connectivity index (χ1n) is 4.03. The van der Waals surface area contributed by atoms with Gasteiger partial charge in [0.05, 0.1) is 0 Å². The zero-order valence-electron chi connectivity index (χ0n) is 7.89. The summed E-state index contributed by atoms with van der Waals surface area (Å²) in [4.78, 5) is 4.10. The van der Waals surface area contributed by atoms with Crippen LogP contribution in [0.15, 0.2) is 28.4 Å². The maximum absolute atomic E-state index is 4.10. The molecule has 0 aliphatic carbocycles. The van der Waals surface area contributed by atoms with Gasteiger partial charge in [0, 0.05) is 12.4 Å². The highest BCUT2D eigenvalue weighted by Crippen LogP contribution is 2.04. The van der Waals surface area contributed by atoms with E-state index in [1.165, 1.54) is 11.1 Å². The van der Waals surface area contributed by atoms with Crippen LogP contribution in [-0.4, -0.2) is 6.21 Å². The van der Waals surface area contributed by atoms with E-state index in [4.69, 9.17) is 0 Å². The average Bonchev–Trinajstić information content (AvgIpc) is 2.03. The molecule has 62 valence electrons. The van der Waals surface area contributed by atoms with E-state index in [1.54, 1.807) is 6.20 Å². The van der Waals surface area contributed by atoms with Crippen LogP contribution in [0.4, 0.5) is 0 Å². The first kappa shape index (κ1) is 10.2. The van der Waals surface area contributed by atoms with Crippen LogP contribution in [0, 0.1) is 0 Å². The molecule has 0 aromatic heterocycles. The first-order chi connectivity index (χ1) is 5.22. The van der Waals surface area contributed by atoms with Crippen molar-refractivity contribution in [3.8, 4) is 0 Å². The molecule has 0 aliphatic rings. The lowest BCUT2D eigenvalue weighted by Crippen LogP contribution is -1.82. The summed E-state index contributed by atoms with van der Waals surface area (Å²) in [6, 6.07) is 0. The summed E-state index contributed by atoms with van der Waals surface area (Å²) < 4.78 is 0. The highest BCUT2D eigenvalue weighted by molar-refractivity contribution is 5.79. The van der Waals surface area contributed by atoms with Crippen LogP contribution in [0.25, 0.3) is 0 Å². The second kappa shape index (κ2) is 5.90. The maximum Gasteiger partial charge on any atom is 0.0296 e. The molecule has 0 saturated heterocycles. The van der Waals surface area contributed by atoms with Gasteiger partial charge in [-0.05, 0) is 32.8 Å². The van der Waals surface area contributed by atoms with Crippen LogP contribution < -0.4 is 0 Å². The van der Waals surface area contributed by atoms with Crippen molar-refractivity contribution in [3.05, 3.63) is 23.4 Å². The van der Waals surface area contributed by atoms with Gasteiger partial charge in [0.15, 0.2) is 0 Å². The van der Waals surface area contributed by atoms with E-state index in [1.807, 2.05) is 19.2 Å². The monoisotopic (exact) mass is 151 g/mol. The third-order valence-corrected chi connectivity index (χ3v) is 1.71. The lowest BCUT2D eigenvalue weighted by Gasteiger charge is -1.96. The molecule has 11 heavy (non-hydrogen) atoms. The second-order valence-corrected chi connectivity index (χ2v) is 2.58. The van der Waals surface area contributed by atoms with Crippen LogP contribution >= 0.6 is 0 Å². The van der Waals surface area contributed by atoms with Gasteiger partial charge in [-0.1, -0.05) is 18.6 Å². The van der Waals surface area contributed by atoms with Gasteiger partial charge in [0.25, 0.3) is 0 Å². The topological polar surface area (TPSA) is 12.4 Å². The minimum atomic E-state index is 1.10. The highest BCUT2D eigenvalue weighted by atomic mass is 14.7. The minimum Gasteiger partial charge on any atom is -0.265 e. The molecule has 0 N–H and O–H groups in total. The molecule has 0 unspecified atom stereocenters. The van der Waals surface area contributed by atoms with Crippen molar-refractivity contribution in [2.24, 2.45) is 4.99 Å². The molecule has 0 aromatic carbocycles. The van der Waals surface area contributed by atoms with Crippen molar-refractivity contribution in [3.63, 3.8) is 0 Å². The predicted molar refractivity (Wildman–Crippen MR) is 52.0 cm³/mol. The Balaban J connectivity index is 4.14. The molecule has 0 atom stereocenters. The van der Waals surface area contributed by atoms with Crippen molar-refractivity contribution in [2.45, 2.75) is 34.1 Å². The van der Waals surface area contributed by atoms with Gasteiger partial charge < -0.3 is 0 Å². The quantitative estimate of drug-likeness (QED) is 0.548. The highest BCUT2D eigenvalue weighted by Gasteiger charge is 1.88. The molecule has 1 nitrogen and oxygen atoms in total. The molecule has 0 heterocycles. The summed E-state index contributed by atoms with van der Waals surface area (Å²) in [6.45, 7) is 8.34. The molecule has 0 rings (SSSR count). The summed E-state index contributed by atoms with van der Waals surface area (Å²) in [5.74, 6) is 0. The fourth-order valence-electron chi connectivity index (χ4n) is 0.630. The Bertz CT molecular complexity index is 185. The lowest BCUT2D eigenvalue weighted by atomic mass is 10.1. The fraction of sp³-hybridized carbons (Fsp3) is 0.500. The third-order valence-electron chi connectivity index (χ3n) is 1.71. The van der Waals surface area contributed by atoms with Gasteiger partial charge in [0.2, 0.25) is 0 Å². The summed E-state index contributed by atoms with van der Waals surface area (Å²) in [5, 5.41) is 0. The molecule has 0 bridgehead atoms. The van der Waals surface area contributed by atoms with Crippen LogP contribution in [0.3, 0.4) is 0 Å². The van der Waals surface area contributed by atoms with Crippen molar-refractivity contribution in [1.82, 2.24) is 0 Å². The molecular formula is C10H17N. The Labute approximate surface area is 69.5 Å². The number of nitrogens with zero attached hydrogens (tertiary/aromatic N) is 1. The van der Waals surface area contributed by atoms with Gasteiger partial charge in [-0.3, -0.25) is 4.99 Å². The van der Waals surface area contributed by atoms with Crippen LogP contribution in [0.1, 0.15) is 34.1 Å². The molecule has 0 saturated carbocycles. The van der Waals surface area contributed by atoms with E-state index in [2.05, 4.69) is 25.8 Å². The van der Waals surface area contributed by atoms with Crippen LogP contribution in [0.2, 0.25) is 0 Å². The van der Waals surface area contributed by atoms with Crippen LogP contribution in [0.5, 0.6) is 0 Å². The lowest BCUT2D eigenvalue weighted by molar-refractivity contribution is 1.08. The maximum atomic E-state index is 4.10. The Morgan fingerprint density at radius 2 is 2.00 bits per heavy atom. The zero-order chi connectivity index (χ0) is 8.69. The largest absolute Gasteiger partial charge is 0.265 e. The Morgan fingerprint density at radius 3 is 2.45 bits per heavy atom.